The van der Waals surface area contributed by atoms with Crippen LogP contribution in [0.1, 0.15) is 73.8 Å². The summed E-state index contributed by atoms with van der Waals surface area (Å²) >= 11 is 0. The lowest BCUT2D eigenvalue weighted by Gasteiger charge is -2.42. The molecule has 8 rings (SSSR count). The average Bonchev–Trinajstić information content (AvgIpc) is 3.22. The van der Waals surface area contributed by atoms with Crippen LogP contribution in [-0.2, 0) is 23.6 Å². The summed E-state index contributed by atoms with van der Waals surface area (Å²) in [4.78, 5) is 9.17. The Morgan fingerprint density at radius 2 is 1.06 bits per heavy atom. The zero-order chi connectivity index (χ0) is 40.2. The molecule has 0 radical (unpaired) electrons. The maximum Gasteiger partial charge on any atom is 0.0708 e. The van der Waals surface area contributed by atoms with E-state index in [0.29, 0.717) is 5.56 Å². The highest BCUT2D eigenvalue weighted by atomic mass is 14.7. The normalized spacial score (nSPS) is 16.1. The Kier molecular flexibility index (Phi) is 7.95. The van der Waals surface area contributed by atoms with E-state index >= 15 is 0 Å². The van der Waals surface area contributed by atoms with Gasteiger partial charge in [-0.3, -0.25) is 9.97 Å². The molecule has 53 heavy (non-hydrogen) atoms. The highest BCUT2D eigenvalue weighted by Gasteiger charge is 2.37. The van der Waals surface area contributed by atoms with Gasteiger partial charge in [-0.25, -0.2) is 0 Å². The van der Waals surface area contributed by atoms with Crippen LogP contribution in [0.2, 0.25) is 0 Å². The van der Waals surface area contributed by atoms with Crippen molar-refractivity contribution in [2.45, 2.75) is 71.0 Å². The fourth-order valence-electron chi connectivity index (χ4n) is 7.76. The Bertz CT molecular complexity index is 2570. The van der Waals surface area contributed by atoms with E-state index in [9.17, 15) is 2.74 Å². The summed E-state index contributed by atoms with van der Waals surface area (Å²) in [5.41, 5.74) is 14.4. The molecule has 262 valence electrons. The standard InChI is InChI=1S/C51H48N2/c1-35-30-37(14-13-36-15-17-39(18-16-36)48-12-8-9-28-52-48)32-43(31-35)45-11-7-6-10-44(45)38-19-21-40(22-20-38)49-34-42(25-29-53-49)41-23-24-46-47(33-41)51(4,5)27-26-50(46,2)3/h6-12,15-25,28-34H,13-14,26-27H2,1-5H3/i13D2,14D2. The highest BCUT2D eigenvalue weighted by molar-refractivity contribution is 5.85. The summed E-state index contributed by atoms with van der Waals surface area (Å²) in [7, 11) is 0. The van der Waals surface area contributed by atoms with E-state index in [1.54, 1.807) is 42.6 Å². The van der Waals surface area contributed by atoms with Crippen LogP contribution in [0.25, 0.3) is 55.9 Å². The third-order valence-electron chi connectivity index (χ3n) is 10.9. The number of fused-ring (bicyclic) bond motifs is 1. The van der Waals surface area contributed by atoms with E-state index in [4.69, 9.17) is 7.73 Å². The average molecular weight is 693 g/mol. The van der Waals surface area contributed by atoms with Crippen LogP contribution in [0.4, 0.5) is 0 Å². The van der Waals surface area contributed by atoms with E-state index in [1.807, 2.05) is 55.6 Å². The van der Waals surface area contributed by atoms with Crippen molar-refractivity contribution < 1.29 is 5.48 Å². The van der Waals surface area contributed by atoms with Gasteiger partial charge < -0.3 is 0 Å². The minimum atomic E-state index is -2.33. The number of hydrogen-bond donors (Lipinski definition) is 0. The third-order valence-corrected chi connectivity index (χ3v) is 10.9. The summed E-state index contributed by atoms with van der Waals surface area (Å²) in [5, 5.41) is 0. The van der Waals surface area contributed by atoms with Crippen molar-refractivity contribution in [2.24, 2.45) is 0 Å². The second-order valence-electron chi connectivity index (χ2n) is 15.7. The molecule has 0 saturated heterocycles. The first kappa shape index (κ1) is 29.9. The van der Waals surface area contributed by atoms with Crippen LogP contribution in [-0.4, -0.2) is 9.97 Å². The molecule has 0 N–H and O–H groups in total. The summed E-state index contributed by atoms with van der Waals surface area (Å²) in [6.07, 6.45) is 1.35. The molecule has 2 heterocycles. The predicted octanol–water partition coefficient (Wildman–Crippen LogP) is 13.3. The largest absolute Gasteiger partial charge is 0.256 e. The van der Waals surface area contributed by atoms with Gasteiger partial charge in [0, 0.05) is 29.0 Å². The number of aromatic nitrogens is 2. The molecular formula is C51H48N2. The van der Waals surface area contributed by atoms with Crippen molar-refractivity contribution in [1.82, 2.24) is 9.97 Å². The number of hydrogen-bond acceptors (Lipinski definition) is 2. The molecule has 0 atom stereocenters. The van der Waals surface area contributed by atoms with Crippen molar-refractivity contribution in [3.63, 3.8) is 0 Å². The minimum absolute atomic E-state index is 0.135. The summed E-state index contributed by atoms with van der Waals surface area (Å²) in [6, 6.07) is 46.1. The van der Waals surface area contributed by atoms with E-state index < -0.39 is 12.7 Å². The maximum atomic E-state index is 9.22. The smallest absolute Gasteiger partial charge is 0.0708 e. The van der Waals surface area contributed by atoms with E-state index in [0.717, 1.165) is 55.9 Å². The molecule has 2 aromatic heterocycles. The monoisotopic (exact) mass is 692 g/mol. The fraction of sp³-hybridized carbons (Fsp3) is 0.216. The van der Waals surface area contributed by atoms with Gasteiger partial charge >= 0.3 is 0 Å². The summed E-state index contributed by atoms with van der Waals surface area (Å²) < 4.78 is 36.6. The summed E-state index contributed by atoms with van der Waals surface area (Å²) in [5.74, 6) is 0. The molecule has 1 aliphatic carbocycles. The van der Waals surface area contributed by atoms with Gasteiger partial charge in [-0.15, -0.1) is 0 Å². The molecule has 0 spiro atoms. The van der Waals surface area contributed by atoms with Crippen molar-refractivity contribution in [3.8, 4) is 55.9 Å². The number of aryl methyl sites for hydroxylation is 3. The molecule has 5 aromatic carbocycles. The zero-order valence-corrected chi connectivity index (χ0v) is 31.2. The van der Waals surface area contributed by atoms with Crippen LogP contribution in [0.5, 0.6) is 0 Å². The minimum Gasteiger partial charge on any atom is -0.256 e. The molecule has 2 heteroatoms. The van der Waals surface area contributed by atoms with Crippen molar-refractivity contribution in [3.05, 3.63) is 180 Å². The molecular weight excluding hydrogens is 641 g/mol. The third kappa shape index (κ3) is 7.24. The molecule has 7 aromatic rings. The quantitative estimate of drug-likeness (QED) is 0.158. The molecule has 0 amide bonds. The van der Waals surface area contributed by atoms with Gasteiger partial charge in [-0.1, -0.05) is 149 Å². The first-order valence-corrected chi connectivity index (χ1v) is 18.6. The zero-order valence-electron chi connectivity index (χ0n) is 35.2. The Labute approximate surface area is 321 Å². The van der Waals surface area contributed by atoms with Gasteiger partial charge in [0.2, 0.25) is 0 Å². The fourth-order valence-corrected chi connectivity index (χ4v) is 7.76. The van der Waals surface area contributed by atoms with Gasteiger partial charge in [0.15, 0.2) is 0 Å². The summed E-state index contributed by atoms with van der Waals surface area (Å²) in [6.45, 7) is 11.4. The Morgan fingerprint density at radius 3 is 1.79 bits per heavy atom. The Balaban J connectivity index is 1.08. The maximum absolute atomic E-state index is 9.22. The SMILES string of the molecule is [2H]C([2H])(c1ccc(-c2ccccn2)cc1)C([2H])([2H])c1cc(C)cc(-c2ccccc2-c2ccc(-c3cc(-c4ccc5c(c4)C(C)(C)CCC5(C)C)ccn3)cc2)c1. The van der Waals surface area contributed by atoms with Gasteiger partial charge in [0.05, 0.1) is 11.4 Å². The van der Waals surface area contributed by atoms with Gasteiger partial charge in [-0.2, -0.15) is 0 Å². The number of rotatable bonds is 8. The second kappa shape index (κ2) is 14.1. The first-order chi connectivity index (χ1) is 27.1. The van der Waals surface area contributed by atoms with E-state index in [1.165, 1.54) is 29.5 Å². The Hall–Kier alpha value is -5.60. The van der Waals surface area contributed by atoms with Gasteiger partial charge in [-0.05, 0) is 123 Å². The van der Waals surface area contributed by atoms with E-state index in [2.05, 4.69) is 93.3 Å². The van der Waals surface area contributed by atoms with Crippen LogP contribution in [0.15, 0.2) is 152 Å². The number of nitrogens with zero attached hydrogens (tertiary/aromatic N) is 2. The molecule has 0 bridgehead atoms. The molecule has 2 nitrogen and oxygen atoms in total. The van der Waals surface area contributed by atoms with Crippen molar-refractivity contribution in [1.29, 1.82) is 0 Å². The van der Waals surface area contributed by atoms with Crippen LogP contribution in [0, 0.1) is 6.92 Å². The van der Waals surface area contributed by atoms with Crippen molar-refractivity contribution >= 4 is 0 Å². The lowest BCUT2D eigenvalue weighted by Crippen LogP contribution is -2.33. The highest BCUT2D eigenvalue weighted by Crippen LogP contribution is 2.47. The molecule has 0 fully saturated rings. The topological polar surface area (TPSA) is 25.8 Å². The molecule has 1 aliphatic rings. The van der Waals surface area contributed by atoms with Gasteiger partial charge in [0.25, 0.3) is 0 Å². The first-order valence-electron chi connectivity index (χ1n) is 20.6. The lowest BCUT2D eigenvalue weighted by atomic mass is 9.63. The molecule has 0 unspecified atom stereocenters. The van der Waals surface area contributed by atoms with Crippen LogP contribution < -0.4 is 0 Å². The van der Waals surface area contributed by atoms with E-state index in [-0.39, 0.29) is 16.4 Å². The molecule has 0 saturated carbocycles. The number of pyridine rings is 2. The Morgan fingerprint density at radius 1 is 0.472 bits per heavy atom. The molecule has 0 aliphatic heterocycles. The number of benzene rings is 5. The second-order valence-corrected chi connectivity index (χ2v) is 15.7. The van der Waals surface area contributed by atoms with Crippen LogP contribution in [0.3, 0.4) is 0 Å². The van der Waals surface area contributed by atoms with Crippen molar-refractivity contribution in [2.75, 3.05) is 0 Å². The van der Waals surface area contributed by atoms with Gasteiger partial charge in [0.1, 0.15) is 0 Å². The van der Waals surface area contributed by atoms with Crippen LogP contribution >= 0.6 is 0 Å². The lowest BCUT2D eigenvalue weighted by molar-refractivity contribution is 0.332. The predicted molar refractivity (Wildman–Crippen MR) is 223 cm³/mol.